The molecule has 1 unspecified atom stereocenters. The van der Waals surface area contributed by atoms with Crippen molar-refractivity contribution in [1.29, 1.82) is 0 Å². The number of carbonyl (C=O) groups excluding carboxylic acids is 2. The van der Waals surface area contributed by atoms with Crippen molar-refractivity contribution in [2.24, 2.45) is 20.0 Å². The number of carbonyl (C=O) groups is 2. The highest BCUT2D eigenvalue weighted by molar-refractivity contribution is 5.94. The zero-order chi connectivity index (χ0) is 20.7. The molecule has 0 bridgehead atoms. The van der Waals surface area contributed by atoms with E-state index in [1.54, 1.807) is 27.4 Å². The van der Waals surface area contributed by atoms with E-state index in [-0.39, 0.29) is 30.0 Å². The molecule has 1 aromatic carbocycles. The number of likely N-dealkylation sites (tertiary alicyclic amines) is 1. The molecule has 0 aliphatic carbocycles. The monoisotopic (exact) mass is 396 g/mol. The van der Waals surface area contributed by atoms with Gasteiger partial charge in [0.05, 0.1) is 34.5 Å². The van der Waals surface area contributed by atoms with Crippen LogP contribution in [0.4, 0.5) is 5.69 Å². The van der Waals surface area contributed by atoms with Crippen molar-refractivity contribution in [1.82, 2.24) is 23.8 Å². The number of benzene rings is 1. The van der Waals surface area contributed by atoms with Crippen LogP contribution < -0.4 is 11.0 Å². The van der Waals surface area contributed by atoms with E-state index >= 15 is 0 Å². The van der Waals surface area contributed by atoms with Gasteiger partial charge in [-0.3, -0.25) is 23.4 Å². The summed E-state index contributed by atoms with van der Waals surface area (Å²) in [5.41, 5.74) is 2.86. The Hall–Kier alpha value is -3.36. The maximum atomic E-state index is 12.8. The van der Waals surface area contributed by atoms with Gasteiger partial charge in [0.1, 0.15) is 6.54 Å². The van der Waals surface area contributed by atoms with Crippen molar-refractivity contribution in [3.05, 3.63) is 46.6 Å². The molecule has 2 aromatic heterocycles. The first-order chi connectivity index (χ1) is 13.9. The summed E-state index contributed by atoms with van der Waals surface area (Å²) in [5, 5.41) is 7.02. The van der Waals surface area contributed by atoms with Gasteiger partial charge in [0.15, 0.2) is 0 Å². The summed E-state index contributed by atoms with van der Waals surface area (Å²) in [6, 6.07) is 7.40. The van der Waals surface area contributed by atoms with Gasteiger partial charge in [-0.05, 0) is 25.5 Å². The fourth-order valence-corrected chi connectivity index (χ4v) is 3.81. The molecule has 1 atom stereocenters. The lowest BCUT2D eigenvalue weighted by atomic mass is 10.1. The molecule has 1 saturated heterocycles. The molecular weight excluding hydrogens is 372 g/mol. The Morgan fingerprint density at radius 2 is 1.93 bits per heavy atom. The third-order valence-electron chi connectivity index (χ3n) is 5.75. The summed E-state index contributed by atoms with van der Waals surface area (Å²) >= 11 is 0. The number of nitrogens with zero attached hydrogens (tertiary/aromatic N) is 5. The summed E-state index contributed by atoms with van der Waals surface area (Å²) in [6.07, 6.45) is 2.22. The van der Waals surface area contributed by atoms with Crippen LogP contribution in [0.1, 0.15) is 12.1 Å². The zero-order valence-electron chi connectivity index (χ0n) is 16.8. The molecule has 4 rings (SSSR count). The highest BCUT2D eigenvalue weighted by Crippen LogP contribution is 2.21. The van der Waals surface area contributed by atoms with Gasteiger partial charge in [-0.1, -0.05) is 12.1 Å². The third-order valence-corrected chi connectivity index (χ3v) is 5.75. The number of aryl methyl sites for hydroxylation is 2. The summed E-state index contributed by atoms with van der Waals surface area (Å²) in [4.78, 5) is 39.6. The highest BCUT2D eigenvalue weighted by Gasteiger charge is 2.32. The van der Waals surface area contributed by atoms with Gasteiger partial charge in [0.2, 0.25) is 11.8 Å². The lowest BCUT2D eigenvalue weighted by Gasteiger charge is -2.17. The van der Waals surface area contributed by atoms with Crippen molar-refractivity contribution in [2.75, 3.05) is 18.4 Å². The van der Waals surface area contributed by atoms with Crippen molar-refractivity contribution in [2.45, 2.75) is 19.9 Å². The maximum absolute atomic E-state index is 12.8. The van der Waals surface area contributed by atoms with Gasteiger partial charge in [-0.25, -0.2) is 4.79 Å². The molecule has 2 amide bonds. The van der Waals surface area contributed by atoms with Crippen LogP contribution in [0.3, 0.4) is 0 Å². The molecule has 1 fully saturated rings. The number of amides is 2. The van der Waals surface area contributed by atoms with Gasteiger partial charge < -0.3 is 10.2 Å². The number of imidazole rings is 1. The molecule has 1 aliphatic heterocycles. The Balaban J connectivity index is 1.44. The number of nitrogens with one attached hydrogen (secondary N) is 1. The van der Waals surface area contributed by atoms with Gasteiger partial charge in [0, 0.05) is 27.2 Å². The number of hydrogen-bond acceptors (Lipinski definition) is 4. The Morgan fingerprint density at radius 1 is 1.21 bits per heavy atom. The van der Waals surface area contributed by atoms with E-state index in [2.05, 4.69) is 10.4 Å². The number of rotatable bonds is 4. The van der Waals surface area contributed by atoms with Crippen molar-refractivity contribution in [3.8, 4) is 0 Å². The van der Waals surface area contributed by atoms with Gasteiger partial charge in [-0.2, -0.15) is 5.10 Å². The molecule has 9 nitrogen and oxygen atoms in total. The van der Waals surface area contributed by atoms with Crippen molar-refractivity contribution >= 4 is 28.5 Å². The number of para-hydroxylation sites is 2. The van der Waals surface area contributed by atoms with E-state index < -0.39 is 0 Å². The second kappa shape index (κ2) is 7.23. The van der Waals surface area contributed by atoms with Crippen molar-refractivity contribution in [3.63, 3.8) is 0 Å². The SMILES string of the molecule is Cc1c(NC(=O)C2CCN(C(=O)Cn3c(=O)n(C)c4ccccc43)C2)cnn1C. The van der Waals surface area contributed by atoms with Crippen LogP contribution in [0.15, 0.2) is 35.3 Å². The first-order valence-corrected chi connectivity index (χ1v) is 9.58. The first-order valence-electron chi connectivity index (χ1n) is 9.58. The van der Waals surface area contributed by atoms with Crippen LogP contribution in [0, 0.1) is 12.8 Å². The van der Waals surface area contributed by atoms with Crippen LogP contribution in [-0.2, 0) is 30.2 Å². The summed E-state index contributed by atoms with van der Waals surface area (Å²) in [5.74, 6) is -0.544. The first kappa shape index (κ1) is 19.0. The molecule has 1 N–H and O–H groups in total. The average Bonchev–Trinajstić information content (AvgIpc) is 3.39. The van der Waals surface area contributed by atoms with Gasteiger partial charge in [-0.15, -0.1) is 0 Å². The fraction of sp³-hybridized carbons (Fsp3) is 0.400. The van der Waals surface area contributed by atoms with Crippen LogP contribution >= 0.6 is 0 Å². The fourth-order valence-electron chi connectivity index (χ4n) is 3.81. The minimum Gasteiger partial charge on any atom is -0.340 e. The van der Waals surface area contributed by atoms with E-state index in [9.17, 15) is 14.4 Å². The van der Waals surface area contributed by atoms with Crippen LogP contribution in [-0.4, -0.2) is 48.7 Å². The zero-order valence-corrected chi connectivity index (χ0v) is 16.8. The third kappa shape index (κ3) is 3.32. The van der Waals surface area contributed by atoms with Gasteiger partial charge in [0.25, 0.3) is 0 Å². The Morgan fingerprint density at radius 3 is 2.62 bits per heavy atom. The normalized spacial score (nSPS) is 16.5. The molecule has 3 aromatic rings. The molecule has 0 saturated carbocycles. The summed E-state index contributed by atoms with van der Waals surface area (Å²) in [6.45, 7) is 2.71. The minimum atomic E-state index is -0.275. The molecule has 0 spiro atoms. The minimum absolute atomic E-state index is 0.0315. The van der Waals surface area contributed by atoms with E-state index in [1.807, 2.05) is 38.2 Å². The standard InChI is InChI=1S/C20H24N6O3/c1-13-15(10-21-24(13)3)22-19(28)14-8-9-25(11-14)18(27)12-26-17-7-5-4-6-16(17)23(2)20(26)29/h4-7,10,14H,8-9,11-12H2,1-3H3,(H,22,28). The molecular formula is C20H24N6O3. The molecule has 1 aliphatic rings. The highest BCUT2D eigenvalue weighted by atomic mass is 16.2. The topological polar surface area (TPSA) is 94.2 Å². The number of anilines is 1. The Bertz CT molecular complexity index is 1150. The summed E-state index contributed by atoms with van der Waals surface area (Å²) in [7, 11) is 3.51. The number of aromatic nitrogens is 4. The lowest BCUT2D eigenvalue weighted by Crippen LogP contribution is -2.36. The van der Waals surface area contributed by atoms with Crippen LogP contribution in [0.5, 0.6) is 0 Å². The smallest absolute Gasteiger partial charge is 0.329 e. The molecule has 0 radical (unpaired) electrons. The van der Waals surface area contributed by atoms with Crippen LogP contribution in [0.25, 0.3) is 11.0 Å². The quantitative estimate of drug-likeness (QED) is 0.708. The van der Waals surface area contributed by atoms with Gasteiger partial charge >= 0.3 is 5.69 Å². The lowest BCUT2D eigenvalue weighted by molar-refractivity contribution is -0.131. The largest absolute Gasteiger partial charge is 0.340 e. The Labute approximate surface area is 167 Å². The number of hydrogen-bond donors (Lipinski definition) is 1. The molecule has 3 heterocycles. The maximum Gasteiger partial charge on any atom is 0.329 e. The molecule has 29 heavy (non-hydrogen) atoms. The predicted octanol–water partition coefficient (Wildman–Crippen LogP) is 0.869. The van der Waals surface area contributed by atoms with E-state index in [0.717, 1.165) is 16.7 Å². The Kier molecular flexibility index (Phi) is 4.73. The predicted molar refractivity (Wildman–Crippen MR) is 108 cm³/mol. The average molecular weight is 396 g/mol. The molecule has 9 heteroatoms. The van der Waals surface area contributed by atoms with Crippen LogP contribution in [0.2, 0.25) is 0 Å². The molecule has 152 valence electrons. The number of fused-ring (bicyclic) bond motifs is 1. The summed E-state index contributed by atoms with van der Waals surface area (Å²) < 4.78 is 4.73. The second-order valence-electron chi connectivity index (χ2n) is 7.50. The van der Waals surface area contributed by atoms with E-state index in [1.165, 1.54) is 4.57 Å². The van der Waals surface area contributed by atoms with E-state index in [4.69, 9.17) is 0 Å². The second-order valence-corrected chi connectivity index (χ2v) is 7.50. The van der Waals surface area contributed by atoms with E-state index in [0.29, 0.717) is 25.2 Å². The van der Waals surface area contributed by atoms with Crippen molar-refractivity contribution < 1.29 is 9.59 Å².